The van der Waals surface area contributed by atoms with Gasteiger partial charge in [-0.3, -0.25) is 14.4 Å². The van der Waals surface area contributed by atoms with Gasteiger partial charge in [-0.1, -0.05) is 49.2 Å². The number of rotatable bonds is 8. The number of carboxylic acid groups (broad SMARTS) is 1. The second-order valence-corrected chi connectivity index (χ2v) is 8.03. The zero-order valence-electron chi connectivity index (χ0n) is 17.2. The number of nitrogens with two attached hydrogens (primary N) is 1. The highest BCUT2D eigenvalue weighted by atomic mass is 19.1. The van der Waals surface area contributed by atoms with Crippen molar-refractivity contribution in [3.05, 3.63) is 71.0 Å². The van der Waals surface area contributed by atoms with Crippen LogP contribution in [0.5, 0.6) is 0 Å². The van der Waals surface area contributed by atoms with Gasteiger partial charge < -0.3 is 16.2 Å². The van der Waals surface area contributed by atoms with Gasteiger partial charge >= 0.3 is 5.97 Å². The Bertz CT molecular complexity index is 928. The first-order chi connectivity index (χ1) is 14.8. The fourth-order valence-corrected chi connectivity index (χ4v) is 4.25. The van der Waals surface area contributed by atoms with E-state index in [0.717, 1.165) is 30.4 Å². The van der Waals surface area contributed by atoms with Gasteiger partial charge in [-0.2, -0.15) is 0 Å². The lowest BCUT2D eigenvalue weighted by Crippen LogP contribution is -2.42. The average Bonchev–Trinajstić information content (AvgIpc) is 2.77. The molecular formula is C24H27FN2O4. The van der Waals surface area contributed by atoms with Crippen molar-refractivity contribution in [3.8, 4) is 0 Å². The maximum atomic E-state index is 13.2. The molecule has 0 heterocycles. The number of halogens is 1. The van der Waals surface area contributed by atoms with Crippen LogP contribution in [0.15, 0.2) is 48.5 Å². The van der Waals surface area contributed by atoms with E-state index in [-0.39, 0.29) is 24.2 Å². The minimum Gasteiger partial charge on any atom is -0.481 e. The molecule has 1 fully saturated rings. The fourth-order valence-electron chi connectivity index (χ4n) is 4.25. The van der Waals surface area contributed by atoms with Crippen molar-refractivity contribution >= 4 is 17.8 Å². The Balaban J connectivity index is 1.74. The molecule has 2 aromatic rings. The smallest absolute Gasteiger partial charge is 0.303 e. The van der Waals surface area contributed by atoms with Crippen LogP contribution in [0.1, 0.15) is 60.8 Å². The van der Waals surface area contributed by atoms with Gasteiger partial charge in [0.1, 0.15) is 11.9 Å². The minimum atomic E-state index is -1.02. The van der Waals surface area contributed by atoms with E-state index in [2.05, 4.69) is 5.32 Å². The molecule has 0 aliphatic heterocycles. The predicted molar refractivity (Wildman–Crippen MR) is 114 cm³/mol. The van der Waals surface area contributed by atoms with Crippen LogP contribution >= 0.6 is 0 Å². The molecular weight excluding hydrogens is 399 g/mol. The molecule has 1 saturated carbocycles. The summed E-state index contributed by atoms with van der Waals surface area (Å²) in [5, 5.41) is 11.6. The number of hydrogen-bond acceptors (Lipinski definition) is 3. The summed E-state index contributed by atoms with van der Waals surface area (Å²) in [6.45, 7) is 0. The first kappa shape index (κ1) is 22.5. The van der Waals surface area contributed by atoms with E-state index in [0.29, 0.717) is 18.4 Å². The molecule has 0 bridgehead atoms. The Labute approximate surface area is 180 Å². The van der Waals surface area contributed by atoms with E-state index in [1.165, 1.54) is 24.3 Å². The highest BCUT2D eigenvalue weighted by molar-refractivity contribution is 5.89. The number of aryl methyl sites for hydroxylation is 1. The number of hydrogen-bond donors (Lipinski definition) is 3. The van der Waals surface area contributed by atoms with Crippen LogP contribution < -0.4 is 11.1 Å². The molecule has 2 amide bonds. The summed E-state index contributed by atoms with van der Waals surface area (Å²) in [7, 11) is 0. The quantitative estimate of drug-likeness (QED) is 0.600. The van der Waals surface area contributed by atoms with Gasteiger partial charge in [0.05, 0.1) is 0 Å². The van der Waals surface area contributed by atoms with Crippen LogP contribution in [-0.4, -0.2) is 22.9 Å². The molecule has 1 aliphatic rings. The van der Waals surface area contributed by atoms with Crippen molar-refractivity contribution in [2.45, 2.75) is 50.5 Å². The third-order valence-corrected chi connectivity index (χ3v) is 5.91. The number of carbonyl (C=O) groups is 3. The topological polar surface area (TPSA) is 109 Å². The summed E-state index contributed by atoms with van der Waals surface area (Å²) in [4.78, 5) is 35.9. The van der Waals surface area contributed by atoms with Crippen LogP contribution in [-0.2, 0) is 20.8 Å². The van der Waals surface area contributed by atoms with Gasteiger partial charge in [-0.25, -0.2) is 4.39 Å². The van der Waals surface area contributed by atoms with Crippen molar-refractivity contribution < 1.29 is 23.9 Å². The molecule has 7 heteroatoms. The summed E-state index contributed by atoms with van der Waals surface area (Å²) in [6, 6.07) is 12.1. The van der Waals surface area contributed by atoms with Crippen molar-refractivity contribution in [1.82, 2.24) is 5.32 Å². The molecule has 0 saturated heterocycles. The molecule has 0 unspecified atom stereocenters. The second-order valence-electron chi connectivity index (χ2n) is 8.03. The van der Waals surface area contributed by atoms with Gasteiger partial charge in [0.15, 0.2) is 0 Å². The number of carbonyl (C=O) groups excluding carboxylic acids is 2. The van der Waals surface area contributed by atoms with Crippen molar-refractivity contribution in [2.75, 3.05) is 0 Å². The maximum absolute atomic E-state index is 13.2. The lowest BCUT2D eigenvalue weighted by Gasteiger charge is -2.32. The molecule has 2 aromatic carbocycles. The molecule has 0 aromatic heterocycles. The zero-order chi connectivity index (χ0) is 22.4. The predicted octanol–water partition coefficient (Wildman–Crippen LogP) is 3.46. The Morgan fingerprint density at radius 1 is 1.03 bits per heavy atom. The zero-order valence-corrected chi connectivity index (χ0v) is 17.2. The number of aliphatic carboxylic acids is 1. The average molecular weight is 426 g/mol. The standard InChI is InChI=1S/C24H27FN2O4/c25-18-12-10-17(11-13-18)22(23(26)30)27-24(31)20-4-2-1-3-19(20)16-8-5-15(6-9-16)7-14-21(28)29/h5-6,8-13,19-20,22H,1-4,7,14H2,(H2,26,30)(H,27,31)(H,28,29)/t19-,20+,22-/m0/s1. The third-order valence-electron chi connectivity index (χ3n) is 5.91. The number of amides is 2. The first-order valence-electron chi connectivity index (χ1n) is 10.5. The number of benzene rings is 2. The Morgan fingerprint density at radius 2 is 1.68 bits per heavy atom. The fraction of sp³-hybridized carbons (Fsp3) is 0.375. The Hall–Kier alpha value is -3.22. The largest absolute Gasteiger partial charge is 0.481 e. The number of carboxylic acids is 1. The number of primary amides is 1. The highest BCUT2D eigenvalue weighted by Crippen LogP contribution is 2.38. The van der Waals surface area contributed by atoms with Gasteiger partial charge in [0.25, 0.3) is 0 Å². The van der Waals surface area contributed by atoms with Crippen molar-refractivity contribution in [1.29, 1.82) is 0 Å². The van der Waals surface area contributed by atoms with E-state index in [4.69, 9.17) is 10.8 Å². The monoisotopic (exact) mass is 426 g/mol. The SMILES string of the molecule is NC(=O)[C@@H](NC(=O)[C@@H]1CCCC[C@H]1c1ccc(CCC(=O)O)cc1)c1ccc(F)cc1. The maximum Gasteiger partial charge on any atom is 0.303 e. The lowest BCUT2D eigenvalue weighted by molar-refractivity contribution is -0.137. The molecule has 164 valence electrons. The molecule has 1 aliphatic carbocycles. The van der Waals surface area contributed by atoms with E-state index in [9.17, 15) is 18.8 Å². The first-order valence-corrected chi connectivity index (χ1v) is 10.5. The van der Waals surface area contributed by atoms with E-state index < -0.39 is 23.7 Å². The van der Waals surface area contributed by atoms with Gasteiger partial charge in [0.2, 0.25) is 11.8 Å². The summed E-state index contributed by atoms with van der Waals surface area (Å²) < 4.78 is 13.2. The Kier molecular flexibility index (Phi) is 7.39. The molecule has 3 atom stereocenters. The summed E-state index contributed by atoms with van der Waals surface area (Å²) in [5.74, 6) is -2.51. The summed E-state index contributed by atoms with van der Waals surface area (Å²) >= 11 is 0. The number of nitrogens with one attached hydrogen (secondary N) is 1. The molecule has 6 nitrogen and oxygen atoms in total. The van der Waals surface area contributed by atoms with Crippen LogP contribution in [0.2, 0.25) is 0 Å². The summed E-state index contributed by atoms with van der Waals surface area (Å²) in [6.07, 6.45) is 4.01. The third kappa shape index (κ3) is 5.90. The van der Waals surface area contributed by atoms with Crippen LogP contribution in [0.4, 0.5) is 4.39 Å². The molecule has 4 N–H and O–H groups in total. The Morgan fingerprint density at radius 3 is 2.29 bits per heavy atom. The van der Waals surface area contributed by atoms with Crippen molar-refractivity contribution in [2.24, 2.45) is 11.7 Å². The van der Waals surface area contributed by atoms with Crippen LogP contribution in [0, 0.1) is 11.7 Å². The van der Waals surface area contributed by atoms with Crippen molar-refractivity contribution in [3.63, 3.8) is 0 Å². The van der Waals surface area contributed by atoms with Crippen LogP contribution in [0.25, 0.3) is 0 Å². The van der Waals surface area contributed by atoms with Gasteiger partial charge in [-0.15, -0.1) is 0 Å². The molecule has 0 radical (unpaired) electrons. The summed E-state index contributed by atoms with van der Waals surface area (Å²) in [5.41, 5.74) is 7.91. The van der Waals surface area contributed by atoms with Crippen LogP contribution in [0.3, 0.4) is 0 Å². The molecule has 0 spiro atoms. The minimum absolute atomic E-state index is 0.00372. The normalized spacial score (nSPS) is 19.4. The van der Waals surface area contributed by atoms with E-state index >= 15 is 0 Å². The van der Waals surface area contributed by atoms with Gasteiger partial charge in [-0.05, 0) is 54.0 Å². The second kappa shape index (κ2) is 10.2. The lowest BCUT2D eigenvalue weighted by atomic mass is 9.74. The van der Waals surface area contributed by atoms with Gasteiger partial charge in [0, 0.05) is 12.3 Å². The highest BCUT2D eigenvalue weighted by Gasteiger charge is 2.34. The van der Waals surface area contributed by atoms with E-state index in [1.54, 1.807) is 0 Å². The molecule has 3 rings (SSSR count). The molecule has 31 heavy (non-hydrogen) atoms. The van der Waals surface area contributed by atoms with E-state index in [1.807, 2.05) is 24.3 Å².